The van der Waals surface area contributed by atoms with Gasteiger partial charge in [0, 0.05) is 11.8 Å². The standard InChI is InChI=1S/C24H36F4O2/c1-2-3-17-4-9-19(10-5-17)21-15-29-23(30-16-21)13-8-18-6-11-20(12-7-18)22(25)14-24(26,27)28/h8,13-14,17-21,23H,2-7,9-12,15-16H2,1H3. The molecule has 172 valence electrons. The molecule has 0 aromatic rings. The largest absolute Gasteiger partial charge is 0.412 e. The first-order chi connectivity index (χ1) is 14.3. The fraction of sp³-hybridized carbons (Fsp3) is 0.833. The molecular weight excluding hydrogens is 396 g/mol. The van der Waals surface area contributed by atoms with Crippen molar-refractivity contribution in [3.05, 3.63) is 24.1 Å². The van der Waals surface area contributed by atoms with Crippen LogP contribution in [0.2, 0.25) is 0 Å². The predicted octanol–water partition coefficient (Wildman–Crippen LogP) is 7.36. The van der Waals surface area contributed by atoms with Crippen LogP contribution < -0.4 is 0 Å². The summed E-state index contributed by atoms with van der Waals surface area (Å²) in [6, 6.07) is 0. The van der Waals surface area contributed by atoms with E-state index in [2.05, 4.69) is 6.92 Å². The summed E-state index contributed by atoms with van der Waals surface area (Å²) in [7, 11) is 0. The fourth-order valence-electron chi connectivity index (χ4n) is 5.38. The number of hydrogen-bond donors (Lipinski definition) is 0. The Balaban J connectivity index is 1.35. The van der Waals surface area contributed by atoms with Crippen LogP contribution in [0.4, 0.5) is 17.6 Å². The second-order valence-corrected chi connectivity index (χ2v) is 9.43. The second kappa shape index (κ2) is 11.1. The highest BCUT2D eigenvalue weighted by Gasteiger charge is 2.32. The molecule has 2 aliphatic carbocycles. The zero-order valence-corrected chi connectivity index (χ0v) is 18.0. The van der Waals surface area contributed by atoms with Gasteiger partial charge in [0.2, 0.25) is 0 Å². The summed E-state index contributed by atoms with van der Waals surface area (Å²) >= 11 is 0. The monoisotopic (exact) mass is 432 g/mol. The maximum absolute atomic E-state index is 13.7. The SMILES string of the molecule is CCCC1CCC(C2COC(C=CC3CCC(C(F)=CC(F)(F)F)CC3)OC2)CC1. The van der Waals surface area contributed by atoms with Gasteiger partial charge in [-0.3, -0.25) is 0 Å². The van der Waals surface area contributed by atoms with Crippen LogP contribution >= 0.6 is 0 Å². The molecule has 6 heteroatoms. The average molecular weight is 433 g/mol. The molecule has 3 fully saturated rings. The number of hydrogen-bond acceptors (Lipinski definition) is 2. The number of alkyl halides is 3. The molecule has 0 N–H and O–H groups in total. The lowest BCUT2D eigenvalue weighted by atomic mass is 9.75. The predicted molar refractivity (Wildman–Crippen MR) is 109 cm³/mol. The van der Waals surface area contributed by atoms with E-state index in [0.29, 0.717) is 37.5 Å². The molecule has 0 radical (unpaired) electrons. The number of halogens is 4. The van der Waals surface area contributed by atoms with Crippen LogP contribution in [-0.2, 0) is 9.47 Å². The van der Waals surface area contributed by atoms with Crippen molar-refractivity contribution in [3.8, 4) is 0 Å². The van der Waals surface area contributed by atoms with Gasteiger partial charge in [-0.05, 0) is 62.4 Å². The van der Waals surface area contributed by atoms with Gasteiger partial charge in [-0.15, -0.1) is 0 Å². The van der Waals surface area contributed by atoms with E-state index in [-0.39, 0.29) is 18.3 Å². The summed E-state index contributed by atoms with van der Waals surface area (Å²) in [5.41, 5.74) is 0. The molecule has 3 rings (SSSR count). The van der Waals surface area contributed by atoms with Crippen LogP contribution in [0, 0.1) is 29.6 Å². The highest BCUT2D eigenvalue weighted by molar-refractivity contribution is 5.04. The molecule has 0 atom stereocenters. The maximum Gasteiger partial charge on any atom is 0.412 e. The van der Waals surface area contributed by atoms with E-state index in [1.807, 2.05) is 12.2 Å². The molecular formula is C24H36F4O2. The minimum Gasteiger partial charge on any atom is -0.349 e. The first-order valence-corrected chi connectivity index (χ1v) is 11.7. The minimum atomic E-state index is -4.58. The fourth-order valence-corrected chi connectivity index (χ4v) is 5.38. The van der Waals surface area contributed by atoms with Crippen molar-refractivity contribution < 1.29 is 27.0 Å². The zero-order chi connectivity index (χ0) is 21.6. The normalized spacial score (nSPS) is 36.9. The number of rotatable bonds is 6. The third kappa shape index (κ3) is 7.37. The molecule has 2 saturated carbocycles. The highest BCUT2D eigenvalue weighted by Crippen LogP contribution is 2.38. The lowest BCUT2D eigenvalue weighted by Gasteiger charge is -2.37. The van der Waals surface area contributed by atoms with E-state index in [1.54, 1.807) is 0 Å². The summed E-state index contributed by atoms with van der Waals surface area (Å²) in [6.07, 6.45) is 9.01. The average Bonchev–Trinajstić information content (AvgIpc) is 2.73. The lowest BCUT2D eigenvalue weighted by Crippen LogP contribution is -2.36. The van der Waals surface area contributed by atoms with E-state index in [9.17, 15) is 17.6 Å². The molecule has 0 aromatic carbocycles. The van der Waals surface area contributed by atoms with Crippen LogP contribution in [-0.4, -0.2) is 25.7 Å². The van der Waals surface area contributed by atoms with Crippen molar-refractivity contribution in [1.82, 2.24) is 0 Å². The first kappa shape index (κ1) is 23.8. The molecule has 0 bridgehead atoms. The topological polar surface area (TPSA) is 18.5 Å². The minimum absolute atomic E-state index is 0.190. The molecule has 30 heavy (non-hydrogen) atoms. The molecule has 0 spiro atoms. The Hall–Kier alpha value is -0.880. The molecule has 0 amide bonds. The Bertz CT molecular complexity index is 562. The van der Waals surface area contributed by atoms with Crippen LogP contribution in [0.25, 0.3) is 0 Å². The highest BCUT2D eigenvalue weighted by atomic mass is 19.4. The van der Waals surface area contributed by atoms with Gasteiger partial charge in [-0.1, -0.05) is 38.7 Å². The quantitative estimate of drug-likeness (QED) is 0.322. The van der Waals surface area contributed by atoms with E-state index in [1.165, 1.54) is 38.5 Å². The van der Waals surface area contributed by atoms with Crippen LogP contribution in [0.5, 0.6) is 0 Å². The Labute approximate surface area is 178 Å². The Morgan fingerprint density at radius 1 is 0.867 bits per heavy atom. The molecule has 1 heterocycles. The number of allylic oxidation sites excluding steroid dienone is 3. The third-order valence-corrected chi connectivity index (χ3v) is 7.21. The molecule has 1 aliphatic heterocycles. The molecule has 1 saturated heterocycles. The molecule has 2 nitrogen and oxygen atoms in total. The van der Waals surface area contributed by atoms with Crippen molar-refractivity contribution in [2.24, 2.45) is 29.6 Å². The summed E-state index contributed by atoms with van der Waals surface area (Å²) in [4.78, 5) is 0. The van der Waals surface area contributed by atoms with Gasteiger partial charge in [0.1, 0.15) is 5.83 Å². The van der Waals surface area contributed by atoms with E-state index < -0.39 is 17.9 Å². The van der Waals surface area contributed by atoms with Crippen LogP contribution in [0.1, 0.15) is 71.1 Å². The van der Waals surface area contributed by atoms with Crippen molar-refractivity contribution in [1.29, 1.82) is 0 Å². The van der Waals surface area contributed by atoms with Crippen molar-refractivity contribution in [2.75, 3.05) is 13.2 Å². The number of ether oxygens (including phenoxy) is 2. The van der Waals surface area contributed by atoms with Gasteiger partial charge in [0.15, 0.2) is 6.29 Å². The van der Waals surface area contributed by atoms with Gasteiger partial charge < -0.3 is 9.47 Å². The van der Waals surface area contributed by atoms with Gasteiger partial charge >= 0.3 is 6.18 Å². The van der Waals surface area contributed by atoms with Crippen molar-refractivity contribution >= 4 is 0 Å². The maximum atomic E-state index is 13.7. The van der Waals surface area contributed by atoms with Crippen molar-refractivity contribution in [2.45, 2.75) is 83.6 Å². The summed E-state index contributed by atoms with van der Waals surface area (Å²) in [5.74, 6) is 0.706. The van der Waals surface area contributed by atoms with Gasteiger partial charge in [0.25, 0.3) is 0 Å². The summed E-state index contributed by atoms with van der Waals surface area (Å²) in [6.45, 7) is 3.73. The Kier molecular flexibility index (Phi) is 8.82. The smallest absolute Gasteiger partial charge is 0.349 e. The first-order valence-electron chi connectivity index (χ1n) is 11.7. The molecule has 3 aliphatic rings. The van der Waals surface area contributed by atoms with Gasteiger partial charge in [-0.25, -0.2) is 4.39 Å². The lowest BCUT2D eigenvalue weighted by molar-refractivity contribution is -0.185. The zero-order valence-electron chi connectivity index (χ0n) is 18.0. The van der Waals surface area contributed by atoms with E-state index >= 15 is 0 Å². The van der Waals surface area contributed by atoms with Gasteiger partial charge in [0.05, 0.1) is 19.3 Å². The van der Waals surface area contributed by atoms with Gasteiger partial charge in [-0.2, -0.15) is 13.2 Å². The van der Waals surface area contributed by atoms with E-state index in [0.717, 1.165) is 19.1 Å². The van der Waals surface area contributed by atoms with Crippen LogP contribution in [0.3, 0.4) is 0 Å². The molecule has 0 unspecified atom stereocenters. The molecule has 0 aromatic heterocycles. The van der Waals surface area contributed by atoms with Crippen LogP contribution in [0.15, 0.2) is 24.1 Å². The second-order valence-electron chi connectivity index (χ2n) is 9.43. The summed E-state index contributed by atoms with van der Waals surface area (Å²) < 4.78 is 62.5. The summed E-state index contributed by atoms with van der Waals surface area (Å²) in [5, 5.41) is 0. The van der Waals surface area contributed by atoms with Crippen molar-refractivity contribution in [3.63, 3.8) is 0 Å². The Morgan fingerprint density at radius 2 is 1.50 bits per heavy atom. The Morgan fingerprint density at radius 3 is 2.07 bits per heavy atom. The third-order valence-electron chi connectivity index (χ3n) is 7.21. The van der Waals surface area contributed by atoms with E-state index in [4.69, 9.17) is 9.47 Å².